The minimum Gasteiger partial charge on any atom is -0.404 e. The zero-order valence-corrected chi connectivity index (χ0v) is 12.2. The van der Waals surface area contributed by atoms with Crippen LogP contribution in [0.1, 0.15) is 39.7 Å². The lowest BCUT2D eigenvalue weighted by molar-refractivity contribution is 0.213. The Kier molecular flexibility index (Phi) is 4.97. The smallest absolute Gasteiger partial charge is 0.404 e. The summed E-state index contributed by atoms with van der Waals surface area (Å²) in [5.41, 5.74) is 1.25. The van der Waals surface area contributed by atoms with Crippen LogP contribution in [0, 0.1) is 0 Å². The third-order valence-electron chi connectivity index (χ3n) is 3.03. The summed E-state index contributed by atoms with van der Waals surface area (Å²) in [6, 6.07) is 7.19. The second kappa shape index (κ2) is 5.87. The molecule has 0 amide bonds. The van der Waals surface area contributed by atoms with E-state index in [4.69, 9.17) is 4.52 Å². The highest BCUT2D eigenvalue weighted by Gasteiger charge is 2.22. The first-order valence-corrected chi connectivity index (χ1v) is 7.58. The van der Waals surface area contributed by atoms with Gasteiger partial charge in [0.15, 0.2) is 0 Å². The van der Waals surface area contributed by atoms with Gasteiger partial charge in [0.1, 0.15) is 5.75 Å². The summed E-state index contributed by atoms with van der Waals surface area (Å²) in [6.45, 7) is 8.20. The molecule has 1 unspecified atom stereocenters. The summed E-state index contributed by atoms with van der Waals surface area (Å²) in [7, 11) is -3.98. The predicted octanol–water partition coefficient (Wildman–Crippen LogP) is 3.89. The Morgan fingerprint density at radius 3 is 2.22 bits per heavy atom. The van der Waals surface area contributed by atoms with Crippen LogP contribution in [0.4, 0.5) is 0 Å². The predicted molar refractivity (Wildman–Crippen MR) is 71.8 cm³/mol. The Labute approximate surface area is 109 Å². The number of hydrogen-bond acceptors (Lipinski definition) is 3. The fraction of sp³-hybridized carbons (Fsp3) is 0.538. The molecule has 0 heterocycles. The van der Waals surface area contributed by atoms with E-state index in [0.29, 0.717) is 5.75 Å². The first-order chi connectivity index (χ1) is 8.30. The summed E-state index contributed by atoms with van der Waals surface area (Å²) in [4.78, 5) is 9.35. The molecule has 1 rings (SSSR count). The maximum Gasteiger partial charge on any atom is 0.527 e. The van der Waals surface area contributed by atoms with Crippen molar-refractivity contribution in [2.24, 2.45) is 0 Å². The lowest BCUT2D eigenvalue weighted by Crippen LogP contribution is -2.14. The number of hydrogen-bond donors (Lipinski definition) is 1. The molecule has 0 aliphatic rings. The molecule has 1 N–H and O–H groups in total. The van der Waals surface area contributed by atoms with E-state index in [-0.39, 0.29) is 12.0 Å². The van der Waals surface area contributed by atoms with Crippen molar-refractivity contribution in [3.8, 4) is 5.75 Å². The van der Waals surface area contributed by atoms with Crippen LogP contribution in [0.2, 0.25) is 0 Å². The second-order valence-electron chi connectivity index (χ2n) is 4.74. The minimum absolute atomic E-state index is 0.0847. The Hall–Kier alpha value is -0.830. The van der Waals surface area contributed by atoms with E-state index in [1.54, 1.807) is 19.1 Å². The monoisotopic (exact) mass is 272 g/mol. The summed E-state index contributed by atoms with van der Waals surface area (Å²) < 4.78 is 21.0. The van der Waals surface area contributed by atoms with Gasteiger partial charge in [0.2, 0.25) is 0 Å². The summed E-state index contributed by atoms with van der Waals surface area (Å²) >= 11 is 0. The molecule has 0 radical (unpaired) electrons. The molecule has 0 aromatic heterocycles. The molecule has 0 fully saturated rings. The first-order valence-electron chi connectivity index (χ1n) is 6.08. The van der Waals surface area contributed by atoms with Crippen LogP contribution >= 0.6 is 7.82 Å². The van der Waals surface area contributed by atoms with Crippen molar-refractivity contribution in [3.05, 3.63) is 29.8 Å². The SMILES string of the molecule is CCOP(=O)(O)Oc1ccc(C(C)(C)CC)cc1. The van der Waals surface area contributed by atoms with Crippen molar-refractivity contribution in [2.45, 2.75) is 39.5 Å². The highest BCUT2D eigenvalue weighted by molar-refractivity contribution is 7.47. The van der Waals surface area contributed by atoms with Gasteiger partial charge in [-0.25, -0.2) is 4.57 Å². The van der Waals surface area contributed by atoms with E-state index in [9.17, 15) is 9.46 Å². The summed E-state index contributed by atoms with van der Waals surface area (Å²) in [6.07, 6.45) is 1.02. The molecule has 0 aliphatic heterocycles. The molecule has 4 nitrogen and oxygen atoms in total. The van der Waals surface area contributed by atoms with E-state index >= 15 is 0 Å². The average molecular weight is 272 g/mol. The van der Waals surface area contributed by atoms with E-state index in [2.05, 4.69) is 25.3 Å². The van der Waals surface area contributed by atoms with Crippen LogP contribution in [0.15, 0.2) is 24.3 Å². The quantitative estimate of drug-likeness (QED) is 0.798. The fourth-order valence-corrected chi connectivity index (χ4v) is 2.26. The van der Waals surface area contributed by atoms with Gasteiger partial charge in [0.05, 0.1) is 6.61 Å². The highest BCUT2D eigenvalue weighted by Crippen LogP contribution is 2.43. The van der Waals surface area contributed by atoms with Crippen molar-refractivity contribution in [1.29, 1.82) is 0 Å². The van der Waals surface area contributed by atoms with Gasteiger partial charge in [0.25, 0.3) is 0 Å². The molecular weight excluding hydrogens is 251 g/mol. The topological polar surface area (TPSA) is 55.8 Å². The molecule has 1 atom stereocenters. The summed E-state index contributed by atoms with van der Waals surface area (Å²) in [5.74, 6) is 0.338. The number of phosphoric ester groups is 1. The van der Waals surface area contributed by atoms with Crippen LogP contribution in [-0.4, -0.2) is 11.5 Å². The molecule has 0 bridgehead atoms. The Morgan fingerprint density at radius 2 is 1.78 bits per heavy atom. The number of rotatable bonds is 6. The molecule has 5 heteroatoms. The van der Waals surface area contributed by atoms with Gasteiger partial charge in [-0.2, -0.15) is 0 Å². The third kappa shape index (κ3) is 4.13. The average Bonchev–Trinajstić information content (AvgIpc) is 2.29. The Morgan fingerprint density at radius 1 is 1.22 bits per heavy atom. The molecular formula is C13H21O4P. The normalized spacial score (nSPS) is 15.2. The van der Waals surface area contributed by atoms with Gasteiger partial charge < -0.3 is 4.52 Å². The van der Waals surface area contributed by atoms with Crippen LogP contribution in [0.3, 0.4) is 0 Å². The molecule has 0 aliphatic carbocycles. The maximum atomic E-state index is 11.4. The minimum atomic E-state index is -3.98. The van der Waals surface area contributed by atoms with Crippen molar-refractivity contribution < 1.29 is 18.5 Å². The van der Waals surface area contributed by atoms with Crippen molar-refractivity contribution in [3.63, 3.8) is 0 Å². The van der Waals surface area contributed by atoms with E-state index in [0.717, 1.165) is 6.42 Å². The zero-order valence-electron chi connectivity index (χ0n) is 11.3. The van der Waals surface area contributed by atoms with Crippen LogP contribution in [-0.2, 0) is 14.5 Å². The lowest BCUT2D eigenvalue weighted by Gasteiger charge is -2.23. The van der Waals surface area contributed by atoms with Gasteiger partial charge >= 0.3 is 7.82 Å². The van der Waals surface area contributed by atoms with E-state index in [1.807, 2.05) is 12.1 Å². The Bertz CT molecular complexity index is 425. The molecule has 0 saturated carbocycles. The van der Waals surface area contributed by atoms with Gasteiger partial charge in [-0.05, 0) is 36.5 Å². The number of benzene rings is 1. The largest absolute Gasteiger partial charge is 0.527 e. The van der Waals surface area contributed by atoms with Crippen molar-refractivity contribution in [1.82, 2.24) is 0 Å². The molecule has 0 saturated heterocycles. The molecule has 18 heavy (non-hydrogen) atoms. The third-order valence-corrected chi connectivity index (χ3v) is 4.06. The molecule has 102 valence electrons. The van der Waals surface area contributed by atoms with Crippen molar-refractivity contribution in [2.75, 3.05) is 6.61 Å². The van der Waals surface area contributed by atoms with Gasteiger partial charge in [0, 0.05) is 0 Å². The lowest BCUT2D eigenvalue weighted by atomic mass is 9.82. The van der Waals surface area contributed by atoms with E-state index < -0.39 is 7.82 Å². The van der Waals surface area contributed by atoms with E-state index in [1.165, 1.54) is 5.56 Å². The summed E-state index contributed by atoms with van der Waals surface area (Å²) in [5, 5.41) is 0. The van der Waals surface area contributed by atoms with Gasteiger partial charge in [-0.3, -0.25) is 9.42 Å². The van der Waals surface area contributed by atoms with Crippen LogP contribution in [0.25, 0.3) is 0 Å². The number of phosphoric acid groups is 1. The molecule has 1 aromatic carbocycles. The second-order valence-corrected chi connectivity index (χ2v) is 6.12. The van der Waals surface area contributed by atoms with Crippen molar-refractivity contribution >= 4 is 7.82 Å². The molecule has 1 aromatic rings. The Balaban J connectivity index is 2.81. The highest BCUT2D eigenvalue weighted by atomic mass is 31.2. The first kappa shape index (κ1) is 15.2. The molecule has 0 spiro atoms. The van der Waals surface area contributed by atoms with Gasteiger partial charge in [-0.15, -0.1) is 0 Å². The maximum absolute atomic E-state index is 11.4. The zero-order chi connectivity index (χ0) is 13.8. The van der Waals surface area contributed by atoms with Crippen LogP contribution < -0.4 is 4.52 Å². The fourth-order valence-electron chi connectivity index (χ4n) is 1.49. The standard InChI is InChI=1S/C13H21O4P/c1-5-13(3,4)11-7-9-12(10-8-11)17-18(14,15)16-6-2/h7-10H,5-6H2,1-4H3,(H,14,15). The van der Waals surface area contributed by atoms with Gasteiger partial charge in [-0.1, -0.05) is 32.9 Å². The van der Waals surface area contributed by atoms with Crippen LogP contribution in [0.5, 0.6) is 5.75 Å².